The number of hydrazine groups is 1. The Morgan fingerprint density at radius 1 is 1.50 bits per heavy atom. The topological polar surface area (TPSA) is 107 Å². The first kappa shape index (κ1) is 14.8. The largest absolute Gasteiger partial charge is 0.462 e. The molecule has 0 aromatic carbocycles. The predicted octanol–water partition coefficient (Wildman–Crippen LogP) is 1.48. The first-order valence-electron chi connectivity index (χ1n) is 5.79. The zero-order chi connectivity index (χ0) is 14.9. The highest BCUT2D eigenvalue weighted by Gasteiger charge is 2.23. The molecule has 0 aliphatic heterocycles. The molecule has 0 unspecified atom stereocenters. The highest BCUT2D eigenvalue weighted by Crippen LogP contribution is 2.38. The average molecular weight is 313 g/mol. The first-order chi connectivity index (χ1) is 9.49. The molecule has 2 aromatic rings. The van der Waals surface area contributed by atoms with Gasteiger partial charge in [-0.05, 0) is 13.2 Å². The van der Waals surface area contributed by atoms with E-state index in [1.807, 2.05) is 6.26 Å². The summed E-state index contributed by atoms with van der Waals surface area (Å²) in [5.41, 5.74) is 6.35. The van der Waals surface area contributed by atoms with Crippen molar-refractivity contribution in [1.82, 2.24) is 9.97 Å². The SMILES string of the molecule is CCOC(=O)c1sc2nc(SC)nc(N(C)N)c2c1N. The maximum Gasteiger partial charge on any atom is 0.350 e. The summed E-state index contributed by atoms with van der Waals surface area (Å²) in [6.07, 6.45) is 1.87. The molecule has 20 heavy (non-hydrogen) atoms. The Morgan fingerprint density at radius 2 is 2.20 bits per heavy atom. The van der Waals surface area contributed by atoms with Crippen LogP contribution in [0.1, 0.15) is 16.6 Å². The first-order valence-corrected chi connectivity index (χ1v) is 7.83. The number of hydrogen-bond acceptors (Lipinski definition) is 9. The molecule has 108 valence electrons. The van der Waals surface area contributed by atoms with Gasteiger partial charge in [0.25, 0.3) is 0 Å². The summed E-state index contributed by atoms with van der Waals surface area (Å²) < 4.78 is 4.99. The molecular formula is C11H15N5O2S2. The summed E-state index contributed by atoms with van der Waals surface area (Å²) in [4.78, 5) is 21.5. The summed E-state index contributed by atoms with van der Waals surface area (Å²) >= 11 is 2.58. The van der Waals surface area contributed by atoms with Crippen LogP contribution in [0.5, 0.6) is 0 Å². The fourth-order valence-electron chi connectivity index (χ4n) is 1.68. The number of nitrogens with zero attached hydrogens (tertiary/aromatic N) is 3. The highest BCUT2D eigenvalue weighted by molar-refractivity contribution is 7.98. The Morgan fingerprint density at radius 3 is 2.75 bits per heavy atom. The lowest BCUT2D eigenvalue weighted by Gasteiger charge is -2.13. The van der Waals surface area contributed by atoms with Gasteiger partial charge >= 0.3 is 5.97 Å². The van der Waals surface area contributed by atoms with Crippen LogP contribution >= 0.6 is 23.1 Å². The van der Waals surface area contributed by atoms with Gasteiger partial charge < -0.3 is 10.5 Å². The summed E-state index contributed by atoms with van der Waals surface area (Å²) in [5.74, 6) is 5.82. The third-order valence-corrected chi connectivity index (χ3v) is 4.15. The van der Waals surface area contributed by atoms with E-state index in [1.54, 1.807) is 14.0 Å². The molecule has 0 atom stereocenters. The summed E-state index contributed by atoms with van der Waals surface area (Å²) in [5, 5.41) is 2.52. The van der Waals surface area contributed by atoms with Crippen LogP contribution in [-0.2, 0) is 4.74 Å². The number of esters is 1. The van der Waals surface area contributed by atoms with Gasteiger partial charge in [0.15, 0.2) is 11.0 Å². The normalized spacial score (nSPS) is 10.8. The van der Waals surface area contributed by atoms with Gasteiger partial charge in [-0.25, -0.2) is 20.6 Å². The Labute approximate surface area is 124 Å². The minimum Gasteiger partial charge on any atom is -0.462 e. The van der Waals surface area contributed by atoms with E-state index < -0.39 is 5.97 Å². The number of carbonyl (C=O) groups excluding carboxylic acids is 1. The molecule has 9 heteroatoms. The number of hydrogen-bond donors (Lipinski definition) is 2. The zero-order valence-corrected chi connectivity index (χ0v) is 13.0. The summed E-state index contributed by atoms with van der Waals surface area (Å²) in [6, 6.07) is 0. The van der Waals surface area contributed by atoms with Gasteiger partial charge in [0.2, 0.25) is 0 Å². The van der Waals surface area contributed by atoms with Crippen molar-refractivity contribution in [2.75, 3.05) is 30.7 Å². The van der Waals surface area contributed by atoms with E-state index in [2.05, 4.69) is 9.97 Å². The van der Waals surface area contributed by atoms with Crippen molar-refractivity contribution in [3.8, 4) is 0 Å². The Bertz CT molecular complexity index is 656. The van der Waals surface area contributed by atoms with E-state index in [1.165, 1.54) is 28.1 Å². The molecule has 2 heterocycles. The van der Waals surface area contributed by atoms with E-state index >= 15 is 0 Å². The molecule has 0 aliphatic rings. The molecule has 0 aliphatic carbocycles. The van der Waals surface area contributed by atoms with Crippen molar-refractivity contribution in [1.29, 1.82) is 0 Å². The fraction of sp³-hybridized carbons (Fsp3) is 0.364. The van der Waals surface area contributed by atoms with Crippen molar-refractivity contribution in [2.45, 2.75) is 12.1 Å². The van der Waals surface area contributed by atoms with Gasteiger partial charge in [-0.2, -0.15) is 0 Å². The minimum absolute atomic E-state index is 0.290. The Hall–Kier alpha value is -1.58. The maximum atomic E-state index is 11.9. The second kappa shape index (κ2) is 5.81. The smallest absolute Gasteiger partial charge is 0.350 e. The number of thioether (sulfide) groups is 1. The molecule has 0 fully saturated rings. The van der Waals surface area contributed by atoms with Crippen LogP contribution in [0.2, 0.25) is 0 Å². The van der Waals surface area contributed by atoms with Gasteiger partial charge in [-0.15, -0.1) is 11.3 Å². The number of anilines is 2. The van der Waals surface area contributed by atoms with Gasteiger partial charge in [0.1, 0.15) is 9.71 Å². The number of ether oxygens (including phenoxy) is 1. The van der Waals surface area contributed by atoms with Crippen LogP contribution in [-0.4, -0.2) is 35.8 Å². The van der Waals surface area contributed by atoms with Gasteiger partial charge in [0, 0.05) is 7.05 Å². The predicted molar refractivity (Wildman–Crippen MR) is 82.2 cm³/mol. The Kier molecular flexibility index (Phi) is 4.31. The number of fused-ring (bicyclic) bond motifs is 1. The molecule has 7 nitrogen and oxygen atoms in total. The molecule has 0 bridgehead atoms. The second-order valence-electron chi connectivity index (χ2n) is 3.89. The number of rotatable bonds is 4. The molecule has 2 aromatic heterocycles. The lowest BCUT2D eigenvalue weighted by Crippen LogP contribution is -2.26. The van der Waals surface area contributed by atoms with Gasteiger partial charge in [-0.3, -0.25) is 5.01 Å². The quantitative estimate of drug-likeness (QED) is 0.287. The minimum atomic E-state index is -0.454. The number of carbonyl (C=O) groups is 1. The third-order valence-electron chi connectivity index (χ3n) is 2.53. The lowest BCUT2D eigenvalue weighted by molar-refractivity contribution is 0.0533. The number of thiophene rings is 1. The summed E-state index contributed by atoms with van der Waals surface area (Å²) in [6.45, 7) is 2.03. The maximum absolute atomic E-state index is 11.9. The molecule has 0 spiro atoms. The van der Waals surface area contributed by atoms with Gasteiger partial charge in [-0.1, -0.05) is 11.8 Å². The van der Waals surface area contributed by atoms with Crippen molar-refractivity contribution >= 4 is 50.8 Å². The van der Waals surface area contributed by atoms with E-state index in [4.69, 9.17) is 16.3 Å². The number of nitrogen functional groups attached to an aromatic ring is 1. The third kappa shape index (κ3) is 2.51. The van der Waals surface area contributed by atoms with Crippen molar-refractivity contribution in [3.63, 3.8) is 0 Å². The van der Waals surface area contributed by atoms with Crippen LogP contribution in [0, 0.1) is 0 Å². The van der Waals surface area contributed by atoms with Gasteiger partial charge in [0.05, 0.1) is 17.7 Å². The lowest BCUT2D eigenvalue weighted by atomic mass is 10.3. The monoisotopic (exact) mass is 313 g/mol. The van der Waals surface area contributed by atoms with E-state index in [9.17, 15) is 4.79 Å². The molecule has 2 rings (SSSR count). The molecule has 0 saturated heterocycles. The molecule has 0 amide bonds. The summed E-state index contributed by atoms with van der Waals surface area (Å²) in [7, 11) is 1.66. The van der Waals surface area contributed by atoms with E-state index in [0.717, 1.165) is 0 Å². The van der Waals surface area contributed by atoms with Crippen molar-refractivity contribution in [2.24, 2.45) is 5.84 Å². The highest BCUT2D eigenvalue weighted by atomic mass is 32.2. The van der Waals surface area contributed by atoms with Crippen molar-refractivity contribution in [3.05, 3.63) is 4.88 Å². The van der Waals surface area contributed by atoms with Crippen LogP contribution in [0.25, 0.3) is 10.2 Å². The molecule has 4 N–H and O–H groups in total. The van der Waals surface area contributed by atoms with E-state index in [-0.39, 0.29) is 6.61 Å². The van der Waals surface area contributed by atoms with Crippen LogP contribution in [0.3, 0.4) is 0 Å². The van der Waals surface area contributed by atoms with Crippen molar-refractivity contribution < 1.29 is 9.53 Å². The zero-order valence-electron chi connectivity index (χ0n) is 11.3. The Balaban J connectivity index is 2.69. The fourth-order valence-corrected chi connectivity index (χ4v) is 3.08. The number of aromatic nitrogens is 2. The van der Waals surface area contributed by atoms with Crippen LogP contribution in [0.4, 0.5) is 11.5 Å². The molecular weight excluding hydrogens is 298 g/mol. The standard InChI is InChI=1S/C11H15N5O2S2/c1-4-18-10(17)7-6(12)5-8(16(2)13)14-11(19-3)15-9(5)20-7/h4,12-13H2,1-3H3. The van der Waals surface area contributed by atoms with Crippen LogP contribution in [0.15, 0.2) is 5.16 Å². The molecule has 0 saturated carbocycles. The second-order valence-corrected chi connectivity index (χ2v) is 5.66. The van der Waals surface area contributed by atoms with E-state index in [0.29, 0.717) is 31.8 Å². The average Bonchev–Trinajstić information content (AvgIpc) is 2.75. The van der Waals surface area contributed by atoms with Crippen LogP contribution < -0.4 is 16.6 Å². The molecule has 0 radical (unpaired) electrons. The number of nitrogens with two attached hydrogens (primary N) is 2.